The highest BCUT2D eigenvalue weighted by atomic mass is 35.5. The molecule has 1 heterocycles. The summed E-state index contributed by atoms with van der Waals surface area (Å²) in [5.41, 5.74) is 1.58. The maximum absolute atomic E-state index is 12.5. The van der Waals surface area contributed by atoms with E-state index >= 15 is 0 Å². The van der Waals surface area contributed by atoms with Gasteiger partial charge in [0.1, 0.15) is 0 Å². The van der Waals surface area contributed by atoms with Gasteiger partial charge >= 0.3 is 0 Å². The van der Waals surface area contributed by atoms with Crippen molar-refractivity contribution in [2.75, 3.05) is 12.3 Å². The number of halogens is 1. The quantitative estimate of drug-likeness (QED) is 0.481. The van der Waals surface area contributed by atoms with E-state index in [0.29, 0.717) is 28.1 Å². The van der Waals surface area contributed by atoms with Gasteiger partial charge in [0.25, 0.3) is 5.91 Å². The third-order valence-electron chi connectivity index (χ3n) is 4.63. The molecule has 0 aliphatic heterocycles. The van der Waals surface area contributed by atoms with Gasteiger partial charge in [0.2, 0.25) is 5.91 Å². The Hall–Kier alpha value is -2.84. The Bertz CT molecular complexity index is 1040. The summed E-state index contributed by atoms with van der Waals surface area (Å²) in [5, 5.41) is 15.1. The molecule has 0 saturated heterocycles. The fraction of sp³-hybridized carbons (Fsp3) is 0.273. The van der Waals surface area contributed by atoms with Crippen molar-refractivity contribution in [3.8, 4) is 0 Å². The summed E-state index contributed by atoms with van der Waals surface area (Å²) >= 11 is 7.39. The summed E-state index contributed by atoms with van der Waals surface area (Å²) in [7, 11) is 1.81. The molecule has 3 rings (SSSR count). The SMILES string of the molecule is C[C@@H](NC(=O)c1ccccc1Cl)c1nnc(SCC(=O)NCCc2ccccc2)n1C. The fourth-order valence-electron chi connectivity index (χ4n) is 2.99. The number of amides is 2. The van der Waals surface area contributed by atoms with Crippen LogP contribution in [-0.4, -0.2) is 38.9 Å². The molecule has 0 spiro atoms. The maximum Gasteiger partial charge on any atom is 0.253 e. The predicted molar refractivity (Wildman–Crippen MR) is 122 cm³/mol. The minimum atomic E-state index is -0.379. The highest BCUT2D eigenvalue weighted by Gasteiger charge is 2.20. The third kappa shape index (κ3) is 6.32. The molecule has 2 amide bonds. The van der Waals surface area contributed by atoms with Crippen LogP contribution < -0.4 is 10.6 Å². The normalized spacial score (nSPS) is 11.7. The van der Waals surface area contributed by atoms with Gasteiger partial charge in [-0.2, -0.15) is 0 Å². The van der Waals surface area contributed by atoms with Crippen molar-refractivity contribution in [1.29, 1.82) is 0 Å². The highest BCUT2D eigenvalue weighted by molar-refractivity contribution is 7.99. The van der Waals surface area contributed by atoms with Crippen molar-refractivity contribution in [2.24, 2.45) is 7.05 Å². The van der Waals surface area contributed by atoms with Crippen LogP contribution in [0.3, 0.4) is 0 Å². The minimum absolute atomic E-state index is 0.0643. The fourth-order valence-corrected chi connectivity index (χ4v) is 3.95. The van der Waals surface area contributed by atoms with E-state index < -0.39 is 0 Å². The van der Waals surface area contributed by atoms with E-state index in [2.05, 4.69) is 20.8 Å². The van der Waals surface area contributed by atoms with Gasteiger partial charge < -0.3 is 15.2 Å². The van der Waals surface area contributed by atoms with Gasteiger partial charge in [-0.25, -0.2) is 0 Å². The highest BCUT2D eigenvalue weighted by Crippen LogP contribution is 2.20. The Morgan fingerprint density at radius 1 is 1.10 bits per heavy atom. The number of thioether (sulfide) groups is 1. The van der Waals surface area contributed by atoms with E-state index in [9.17, 15) is 9.59 Å². The Balaban J connectivity index is 1.49. The molecule has 0 fully saturated rings. The lowest BCUT2D eigenvalue weighted by Gasteiger charge is -2.14. The molecule has 2 N–H and O–H groups in total. The van der Waals surface area contributed by atoms with Crippen LogP contribution in [0.4, 0.5) is 0 Å². The first-order valence-electron chi connectivity index (χ1n) is 9.84. The number of rotatable bonds is 9. The molecule has 0 radical (unpaired) electrons. The summed E-state index contributed by atoms with van der Waals surface area (Å²) in [5.74, 6) is 0.479. The van der Waals surface area contributed by atoms with Crippen molar-refractivity contribution < 1.29 is 9.59 Å². The molecular weight excluding hydrogens is 434 g/mol. The molecule has 0 bridgehead atoms. The van der Waals surface area contributed by atoms with Crippen molar-refractivity contribution in [3.63, 3.8) is 0 Å². The summed E-state index contributed by atoms with van der Waals surface area (Å²) in [6, 6.07) is 16.5. The third-order valence-corrected chi connectivity index (χ3v) is 5.98. The van der Waals surface area contributed by atoms with E-state index in [4.69, 9.17) is 11.6 Å². The lowest BCUT2D eigenvalue weighted by molar-refractivity contribution is -0.118. The monoisotopic (exact) mass is 457 g/mol. The molecule has 1 aromatic heterocycles. The molecule has 31 heavy (non-hydrogen) atoms. The predicted octanol–water partition coefficient (Wildman–Crippen LogP) is 3.41. The van der Waals surface area contributed by atoms with Crippen molar-refractivity contribution >= 4 is 35.2 Å². The van der Waals surface area contributed by atoms with Gasteiger partial charge in [-0.1, -0.05) is 65.8 Å². The summed E-state index contributed by atoms with van der Waals surface area (Å²) < 4.78 is 1.78. The smallest absolute Gasteiger partial charge is 0.253 e. The van der Waals surface area contributed by atoms with E-state index in [1.807, 2.05) is 44.3 Å². The van der Waals surface area contributed by atoms with Crippen LogP contribution in [0.5, 0.6) is 0 Å². The molecule has 162 valence electrons. The van der Waals surface area contributed by atoms with E-state index in [1.165, 1.54) is 17.3 Å². The van der Waals surface area contributed by atoms with Gasteiger partial charge in [-0.15, -0.1) is 10.2 Å². The first-order chi connectivity index (χ1) is 15.0. The van der Waals surface area contributed by atoms with Gasteiger partial charge in [0.15, 0.2) is 11.0 Å². The molecule has 0 saturated carbocycles. The Labute approximate surface area is 190 Å². The number of carbonyl (C=O) groups excluding carboxylic acids is 2. The van der Waals surface area contributed by atoms with Crippen LogP contribution in [0.25, 0.3) is 0 Å². The van der Waals surface area contributed by atoms with Gasteiger partial charge in [-0.3, -0.25) is 9.59 Å². The zero-order valence-corrected chi connectivity index (χ0v) is 18.9. The molecule has 2 aromatic carbocycles. The van der Waals surface area contributed by atoms with E-state index in [0.717, 1.165) is 6.42 Å². The molecule has 0 aliphatic rings. The number of carbonyl (C=O) groups is 2. The first kappa shape index (κ1) is 22.8. The average Bonchev–Trinajstić information content (AvgIpc) is 3.13. The van der Waals surface area contributed by atoms with Crippen LogP contribution in [0.15, 0.2) is 59.8 Å². The van der Waals surface area contributed by atoms with Crippen molar-refractivity contribution in [1.82, 2.24) is 25.4 Å². The van der Waals surface area contributed by atoms with Crippen LogP contribution in [-0.2, 0) is 18.3 Å². The molecular formula is C22H24ClN5O2S. The lowest BCUT2D eigenvalue weighted by atomic mass is 10.1. The summed E-state index contributed by atoms with van der Waals surface area (Å²) in [6.45, 7) is 2.40. The van der Waals surface area contributed by atoms with Crippen LogP contribution in [0, 0.1) is 0 Å². The molecule has 3 aromatic rings. The van der Waals surface area contributed by atoms with Crippen LogP contribution in [0.1, 0.15) is 34.7 Å². The number of hydrogen-bond donors (Lipinski definition) is 2. The number of benzene rings is 2. The Kier molecular flexibility index (Phi) is 8.08. The second-order valence-corrected chi connectivity index (χ2v) is 8.30. The lowest BCUT2D eigenvalue weighted by Crippen LogP contribution is -2.29. The standard InChI is InChI=1S/C22H24ClN5O2S/c1-15(25-21(30)17-10-6-7-11-18(17)23)20-26-27-22(28(20)2)31-14-19(29)24-13-12-16-8-4-3-5-9-16/h3-11,15H,12-14H2,1-2H3,(H,24,29)(H,25,30)/t15-/m1/s1. The van der Waals surface area contributed by atoms with Crippen molar-refractivity contribution in [3.05, 3.63) is 76.6 Å². The Morgan fingerprint density at radius 3 is 2.55 bits per heavy atom. The number of hydrogen-bond acceptors (Lipinski definition) is 5. The molecule has 0 unspecified atom stereocenters. The molecule has 9 heteroatoms. The van der Waals surface area contributed by atoms with Gasteiger partial charge in [0, 0.05) is 13.6 Å². The van der Waals surface area contributed by atoms with Gasteiger partial charge in [-0.05, 0) is 31.0 Å². The van der Waals surface area contributed by atoms with E-state index in [-0.39, 0.29) is 23.6 Å². The second kappa shape index (κ2) is 11.0. The zero-order chi connectivity index (χ0) is 22.2. The van der Waals surface area contributed by atoms with E-state index in [1.54, 1.807) is 28.8 Å². The van der Waals surface area contributed by atoms with Gasteiger partial charge in [0.05, 0.1) is 22.4 Å². The molecule has 0 aliphatic carbocycles. The van der Waals surface area contributed by atoms with Crippen molar-refractivity contribution in [2.45, 2.75) is 24.5 Å². The zero-order valence-electron chi connectivity index (χ0n) is 17.3. The first-order valence-corrected chi connectivity index (χ1v) is 11.2. The molecule has 1 atom stereocenters. The Morgan fingerprint density at radius 2 is 1.81 bits per heavy atom. The maximum atomic E-state index is 12.5. The van der Waals surface area contributed by atoms with Crippen LogP contribution in [0.2, 0.25) is 5.02 Å². The summed E-state index contributed by atoms with van der Waals surface area (Å²) in [4.78, 5) is 24.6. The summed E-state index contributed by atoms with van der Waals surface area (Å²) in [6.07, 6.45) is 0.786. The topological polar surface area (TPSA) is 88.9 Å². The minimum Gasteiger partial charge on any atom is -0.355 e. The molecule has 7 nitrogen and oxygen atoms in total. The second-order valence-electron chi connectivity index (χ2n) is 6.95. The number of nitrogens with zero attached hydrogens (tertiary/aromatic N) is 3. The average molecular weight is 458 g/mol. The van der Waals surface area contributed by atoms with Crippen LogP contribution >= 0.6 is 23.4 Å². The largest absolute Gasteiger partial charge is 0.355 e. The number of nitrogens with one attached hydrogen (secondary N) is 2. The number of aromatic nitrogens is 3.